The number of benzene rings is 2. The molecule has 41 heavy (non-hydrogen) atoms. The van der Waals surface area contributed by atoms with Gasteiger partial charge in [-0.05, 0) is 46.3 Å². The van der Waals surface area contributed by atoms with E-state index in [4.69, 9.17) is 4.74 Å². The second kappa shape index (κ2) is 12.1. The highest BCUT2D eigenvalue weighted by Gasteiger charge is 2.32. The van der Waals surface area contributed by atoms with Crippen molar-refractivity contribution in [1.29, 1.82) is 0 Å². The number of aliphatic hydroxyl groups is 1. The first kappa shape index (κ1) is 29.8. The molecule has 2 atom stereocenters. The number of methoxy groups -OCH3 is 1. The van der Waals surface area contributed by atoms with E-state index in [0.717, 1.165) is 31.5 Å². The van der Waals surface area contributed by atoms with E-state index < -0.39 is 22.2 Å². The number of nitrogens with one attached hydrogen (secondary N) is 2. The maximum absolute atomic E-state index is 14.1. The van der Waals surface area contributed by atoms with Crippen LogP contribution >= 0.6 is 0 Å². The molecular weight excluding hydrogens is 538 g/mol. The number of aromatic nitrogens is 3. The molecule has 3 N–H and O–H groups in total. The molecule has 1 aliphatic heterocycles. The third-order valence-electron chi connectivity index (χ3n) is 7.15. The first-order valence-electron chi connectivity index (χ1n) is 13.2. The third-order valence-corrected chi connectivity index (χ3v) is 7.15. The summed E-state index contributed by atoms with van der Waals surface area (Å²) in [6.07, 6.45) is 3.26. The summed E-state index contributed by atoms with van der Waals surface area (Å²) in [5, 5.41) is 28.6. The van der Waals surface area contributed by atoms with Crippen LogP contribution in [0.5, 0.6) is 5.75 Å². The van der Waals surface area contributed by atoms with E-state index in [0.29, 0.717) is 18.0 Å². The smallest absolute Gasteiger partial charge is 0.294 e. The zero-order chi connectivity index (χ0) is 29.9. The molecule has 4 rings (SSSR count). The number of halogens is 2. The van der Waals surface area contributed by atoms with Gasteiger partial charge in [-0.1, -0.05) is 6.92 Å². The summed E-state index contributed by atoms with van der Waals surface area (Å²) in [4.78, 5) is 28.2. The van der Waals surface area contributed by atoms with Crippen LogP contribution in [-0.4, -0.2) is 70.2 Å². The Bertz CT molecular complexity index is 1420. The molecule has 1 fully saturated rings. The van der Waals surface area contributed by atoms with Gasteiger partial charge in [-0.3, -0.25) is 10.1 Å². The van der Waals surface area contributed by atoms with Crippen molar-refractivity contribution < 1.29 is 23.5 Å². The zero-order valence-electron chi connectivity index (χ0n) is 23.6. The van der Waals surface area contributed by atoms with Crippen LogP contribution in [0.25, 0.3) is 0 Å². The highest BCUT2D eigenvalue weighted by molar-refractivity contribution is 5.77. The second-order valence-electron chi connectivity index (χ2n) is 10.4. The summed E-state index contributed by atoms with van der Waals surface area (Å²) in [5.41, 5.74) is -0.640. The molecule has 1 aromatic heterocycles. The number of hydrogen-bond donors (Lipinski definition) is 3. The molecule has 1 aliphatic rings. The van der Waals surface area contributed by atoms with Crippen LogP contribution < -0.4 is 20.3 Å². The van der Waals surface area contributed by atoms with Crippen LogP contribution in [0, 0.1) is 21.7 Å². The highest BCUT2D eigenvalue weighted by Crippen LogP contribution is 2.42. The topological polar surface area (TPSA) is 142 Å². The van der Waals surface area contributed by atoms with Crippen molar-refractivity contribution in [2.75, 3.05) is 49.8 Å². The molecule has 12 nitrogen and oxygen atoms in total. The number of likely N-dealkylation sites (N-methyl/N-ethyl adjacent to an activating group) is 1. The van der Waals surface area contributed by atoms with Crippen LogP contribution in [0.4, 0.5) is 43.4 Å². The predicted octanol–water partition coefficient (Wildman–Crippen LogP) is 4.70. The van der Waals surface area contributed by atoms with Gasteiger partial charge in [0.05, 0.1) is 29.0 Å². The summed E-state index contributed by atoms with van der Waals surface area (Å²) in [6, 6.07) is 4.98. The summed E-state index contributed by atoms with van der Waals surface area (Å²) in [7, 11) is 5.40. The van der Waals surface area contributed by atoms with Gasteiger partial charge in [0.2, 0.25) is 11.9 Å². The Morgan fingerprint density at radius 3 is 2.44 bits per heavy atom. The molecule has 0 radical (unpaired) electrons. The number of ether oxygens (including phenoxy) is 1. The summed E-state index contributed by atoms with van der Waals surface area (Å²) in [5.74, 6) is -1.89. The highest BCUT2D eigenvalue weighted by atomic mass is 19.2. The predicted molar refractivity (Wildman–Crippen MR) is 151 cm³/mol. The Balaban J connectivity index is 1.66. The Labute approximate surface area is 236 Å². The van der Waals surface area contributed by atoms with Crippen LogP contribution in [0.15, 0.2) is 30.6 Å². The fourth-order valence-electron chi connectivity index (χ4n) is 4.91. The standard InChI is InChI=1S/C27H34F2N8O4/c1-6-27(2,38)17-10-18(28)19(29)11-20(17)32-25-30-15-31-26(34-25)33-21-12-23(37(39)40)22(13-24(21)41-5)36-9-7-8-16(36)14-35(3)4/h10-13,15-16,38H,6-9,14H2,1-5H3,(H2,30,31,32,33,34)/t16-,27?/m1/s1. The molecule has 3 aromatic rings. The normalized spacial score (nSPS) is 16.5. The van der Waals surface area contributed by atoms with Gasteiger partial charge in [-0.15, -0.1) is 0 Å². The van der Waals surface area contributed by atoms with Crippen molar-refractivity contribution in [2.24, 2.45) is 0 Å². The maximum Gasteiger partial charge on any atom is 0.294 e. The van der Waals surface area contributed by atoms with E-state index in [1.54, 1.807) is 13.0 Å². The minimum absolute atomic E-state index is 0.0147. The molecule has 0 bridgehead atoms. The number of nitro groups is 1. The number of nitro benzene ring substituents is 1. The van der Waals surface area contributed by atoms with E-state index in [1.165, 1.54) is 26.4 Å². The van der Waals surface area contributed by atoms with Crippen molar-refractivity contribution in [3.63, 3.8) is 0 Å². The van der Waals surface area contributed by atoms with Gasteiger partial charge in [0.15, 0.2) is 11.6 Å². The lowest BCUT2D eigenvalue weighted by atomic mass is 9.91. The van der Waals surface area contributed by atoms with Crippen molar-refractivity contribution in [2.45, 2.75) is 44.8 Å². The Kier molecular flexibility index (Phi) is 8.83. The van der Waals surface area contributed by atoms with Gasteiger partial charge in [-0.2, -0.15) is 4.98 Å². The minimum atomic E-state index is -1.46. The molecule has 220 valence electrons. The molecule has 2 heterocycles. The monoisotopic (exact) mass is 572 g/mol. The van der Waals surface area contributed by atoms with Crippen LogP contribution in [0.1, 0.15) is 38.7 Å². The lowest BCUT2D eigenvalue weighted by Crippen LogP contribution is -2.37. The first-order valence-corrected chi connectivity index (χ1v) is 13.2. The van der Waals surface area contributed by atoms with Gasteiger partial charge in [0.1, 0.15) is 17.8 Å². The van der Waals surface area contributed by atoms with E-state index in [1.807, 2.05) is 19.0 Å². The summed E-state index contributed by atoms with van der Waals surface area (Å²) in [6.45, 7) is 4.64. The van der Waals surface area contributed by atoms with Gasteiger partial charge in [0, 0.05) is 42.9 Å². The molecule has 0 amide bonds. The molecule has 0 spiro atoms. The molecule has 1 saturated heterocycles. The van der Waals surface area contributed by atoms with E-state index in [9.17, 15) is 24.0 Å². The summed E-state index contributed by atoms with van der Waals surface area (Å²) < 4.78 is 33.7. The Morgan fingerprint density at radius 1 is 1.17 bits per heavy atom. The average Bonchev–Trinajstić information content (AvgIpc) is 3.37. The van der Waals surface area contributed by atoms with Crippen molar-refractivity contribution in [3.05, 3.63) is 57.9 Å². The van der Waals surface area contributed by atoms with Crippen LogP contribution in [0.3, 0.4) is 0 Å². The van der Waals surface area contributed by atoms with Crippen molar-refractivity contribution >= 4 is 34.6 Å². The Hall–Kier alpha value is -4.17. The van der Waals surface area contributed by atoms with Crippen LogP contribution in [-0.2, 0) is 5.60 Å². The molecule has 14 heteroatoms. The fraction of sp³-hybridized carbons (Fsp3) is 0.444. The van der Waals surface area contributed by atoms with Crippen molar-refractivity contribution in [3.8, 4) is 5.75 Å². The lowest BCUT2D eigenvalue weighted by molar-refractivity contribution is -0.384. The SMILES string of the molecule is CCC(C)(O)c1cc(F)c(F)cc1Nc1ncnc(Nc2cc([N+](=O)[O-])c(N3CCC[C@@H]3CN(C)C)cc2OC)n1. The number of nitrogens with zero attached hydrogens (tertiary/aromatic N) is 6. The van der Waals surface area contributed by atoms with Gasteiger partial charge in [-0.25, -0.2) is 18.7 Å². The largest absolute Gasteiger partial charge is 0.494 e. The lowest BCUT2D eigenvalue weighted by Gasteiger charge is -2.29. The number of rotatable bonds is 11. The molecular formula is C27H34F2N8O4. The molecule has 2 aromatic carbocycles. The minimum Gasteiger partial charge on any atom is -0.494 e. The van der Waals surface area contributed by atoms with Gasteiger partial charge in [0.25, 0.3) is 5.69 Å². The molecule has 1 unspecified atom stereocenters. The van der Waals surface area contributed by atoms with Crippen molar-refractivity contribution in [1.82, 2.24) is 19.9 Å². The van der Waals surface area contributed by atoms with E-state index in [2.05, 4.69) is 30.5 Å². The molecule has 0 aliphatic carbocycles. The van der Waals surface area contributed by atoms with E-state index in [-0.39, 0.29) is 47.0 Å². The number of hydrogen-bond acceptors (Lipinski definition) is 11. The van der Waals surface area contributed by atoms with Crippen LogP contribution in [0.2, 0.25) is 0 Å². The zero-order valence-corrected chi connectivity index (χ0v) is 23.6. The third kappa shape index (κ3) is 6.60. The quantitative estimate of drug-likeness (QED) is 0.217. The maximum atomic E-state index is 14.1. The first-order chi connectivity index (χ1) is 19.4. The summed E-state index contributed by atoms with van der Waals surface area (Å²) >= 11 is 0. The average molecular weight is 573 g/mol. The van der Waals surface area contributed by atoms with E-state index >= 15 is 0 Å². The fourth-order valence-corrected chi connectivity index (χ4v) is 4.91. The van der Waals surface area contributed by atoms with Gasteiger partial charge >= 0.3 is 0 Å². The molecule has 0 saturated carbocycles. The second-order valence-corrected chi connectivity index (χ2v) is 10.4. The van der Waals surface area contributed by atoms with Gasteiger partial charge < -0.3 is 30.3 Å². The Morgan fingerprint density at radius 2 is 1.83 bits per heavy atom. The number of anilines is 5.